The Balaban J connectivity index is 2.08. The zero-order chi connectivity index (χ0) is 11.5. The number of Topliss-reactive ketones (excluding diaryl/α,β-unsaturated/α-hetero) is 1. The molecule has 4 aliphatic rings. The largest absolute Gasteiger partial charge is 0.355 e. The minimum absolute atomic E-state index is 0.0283. The van der Waals surface area contributed by atoms with Gasteiger partial charge >= 0.3 is 0 Å². The van der Waals surface area contributed by atoms with Crippen molar-refractivity contribution in [2.45, 2.75) is 24.6 Å². The second-order valence-corrected chi connectivity index (χ2v) is 5.31. The monoisotopic (exact) mass is 336 g/mol. The highest BCUT2D eigenvalue weighted by Gasteiger charge is 2.68. The lowest BCUT2D eigenvalue weighted by atomic mass is 9.77. The Morgan fingerprint density at radius 1 is 1.69 bits per heavy atom. The van der Waals surface area contributed by atoms with Crippen LogP contribution in [0.4, 0.5) is 0 Å². The van der Waals surface area contributed by atoms with Crippen LogP contribution in [0.5, 0.6) is 0 Å². The van der Waals surface area contributed by atoms with Gasteiger partial charge in [0.2, 0.25) is 0 Å². The predicted molar refractivity (Wildman–Crippen MR) is 64.1 cm³/mol. The zero-order valence-electron chi connectivity index (χ0n) is 8.94. The van der Waals surface area contributed by atoms with Crippen LogP contribution in [0, 0.1) is 11.8 Å². The Morgan fingerprint density at radius 3 is 3.06 bits per heavy atom. The van der Waals surface area contributed by atoms with Gasteiger partial charge in [0.1, 0.15) is 5.60 Å². The summed E-state index contributed by atoms with van der Waals surface area (Å²) >= 11 is 2.21. The van der Waals surface area contributed by atoms with Crippen molar-refractivity contribution < 1.29 is 19.0 Å². The topological polar surface area (TPSA) is 44.8 Å². The van der Waals surface area contributed by atoms with E-state index in [0.717, 1.165) is 5.57 Å². The van der Waals surface area contributed by atoms with Crippen LogP contribution in [0.2, 0.25) is 0 Å². The summed E-state index contributed by atoms with van der Waals surface area (Å²) in [5.41, 5.74) is 0.195. The van der Waals surface area contributed by atoms with Gasteiger partial charge < -0.3 is 14.2 Å². The summed E-state index contributed by atoms with van der Waals surface area (Å²) in [6, 6.07) is 0. The van der Waals surface area contributed by atoms with Gasteiger partial charge in [-0.15, -0.1) is 0 Å². The lowest BCUT2D eigenvalue weighted by molar-refractivity contribution is -0.352. The van der Waals surface area contributed by atoms with Gasteiger partial charge in [0.25, 0.3) is 0 Å². The lowest BCUT2D eigenvalue weighted by Gasteiger charge is -2.51. The number of carbonyl (C=O) groups excluding carboxylic acids is 1. The fraction of sp³-hybridized carbons (Fsp3) is 0.727. The minimum atomic E-state index is -0.698. The summed E-state index contributed by atoms with van der Waals surface area (Å²) in [4.78, 5) is 12.1. The average molecular weight is 336 g/mol. The summed E-state index contributed by atoms with van der Waals surface area (Å²) in [6.07, 6.45) is -0.289. The smallest absolute Gasteiger partial charge is 0.184 e. The molecule has 0 aromatic heterocycles. The number of hydrogen-bond acceptors (Lipinski definition) is 4. The summed E-state index contributed by atoms with van der Waals surface area (Å²) in [7, 11) is 1.61. The van der Waals surface area contributed by atoms with E-state index in [1.165, 1.54) is 0 Å². The molecule has 16 heavy (non-hydrogen) atoms. The first-order valence-electron chi connectivity index (χ1n) is 5.28. The fourth-order valence-electron chi connectivity index (χ4n) is 3.09. The minimum Gasteiger partial charge on any atom is -0.355 e. The SMILES string of the molecule is C=C1C2OC(OC)C3C1CC(=O)C3(CI)O2. The van der Waals surface area contributed by atoms with Gasteiger partial charge in [0.15, 0.2) is 18.4 Å². The van der Waals surface area contributed by atoms with Crippen LogP contribution in [0.15, 0.2) is 12.2 Å². The van der Waals surface area contributed by atoms with Gasteiger partial charge in [0, 0.05) is 23.9 Å². The van der Waals surface area contributed by atoms with Crippen LogP contribution in [-0.2, 0) is 19.0 Å². The fourth-order valence-corrected chi connectivity index (χ4v) is 4.20. The molecule has 4 rings (SSSR count). The molecule has 3 aliphatic heterocycles. The van der Waals surface area contributed by atoms with Crippen LogP contribution in [0.25, 0.3) is 0 Å². The van der Waals surface area contributed by atoms with E-state index < -0.39 is 11.9 Å². The molecule has 4 bridgehead atoms. The Labute approximate surface area is 107 Å². The van der Waals surface area contributed by atoms with Crippen LogP contribution < -0.4 is 0 Å². The second-order valence-electron chi connectivity index (χ2n) is 4.55. The molecule has 3 heterocycles. The third-order valence-corrected chi connectivity index (χ3v) is 5.06. The highest BCUT2D eigenvalue weighted by molar-refractivity contribution is 14.1. The van der Waals surface area contributed by atoms with Gasteiger partial charge in [-0.1, -0.05) is 29.2 Å². The number of hydrogen-bond donors (Lipinski definition) is 0. The predicted octanol–water partition coefficient (Wildman–Crippen LogP) is 1.28. The average Bonchev–Trinajstić information content (AvgIpc) is 2.57. The van der Waals surface area contributed by atoms with Gasteiger partial charge in [-0.2, -0.15) is 0 Å². The zero-order valence-corrected chi connectivity index (χ0v) is 11.1. The Kier molecular flexibility index (Phi) is 2.44. The number of halogens is 1. The quantitative estimate of drug-likeness (QED) is 0.433. The van der Waals surface area contributed by atoms with Gasteiger partial charge in [-0.25, -0.2) is 0 Å². The van der Waals surface area contributed by atoms with E-state index in [4.69, 9.17) is 14.2 Å². The molecule has 5 atom stereocenters. The maximum Gasteiger partial charge on any atom is 0.184 e. The van der Waals surface area contributed by atoms with Crippen molar-refractivity contribution in [1.82, 2.24) is 0 Å². The van der Waals surface area contributed by atoms with Gasteiger partial charge in [0.05, 0.1) is 5.92 Å². The summed E-state index contributed by atoms with van der Waals surface area (Å²) in [5.74, 6) is 0.310. The molecule has 5 heteroatoms. The van der Waals surface area contributed by atoms with E-state index in [0.29, 0.717) is 10.8 Å². The maximum atomic E-state index is 12.1. The van der Waals surface area contributed by atoms with Crippen molar-refractivity contribution in [3.05, 3.63) is 12.2 Å². The maximum absolute atomic E-state index is 12.1. The molecule has 0 radical (unpaired) electrons. The molecule has 0 spiro atoms. The molecule has 4 nitrogen and oxygen atoms in total. The molecule has 4 fully saturated rings. The third-order valence-electron chi connectivity index (χ3n) is 3.93. The van der Waals surface area contributed by atoms with Gasteiger partial charge in [-0.05, 0) is 5.57 Å². The number of ketones is 1. The van der Waals surface area contributed by atoms with Crippen molar-refractivity contribution in [1.29, 1.82) is 0 Å². The number of ether oxygens (including phenoxy) is 3. The van der Waals surface area contributed by atoms with Gasteiger partial charge in [-0.3, -0.25) is 4.79 Å². The summed E-state index contributed by atoms with van der Waals surface area (Å²) in [5, 5.41) is 0. The van der Waals surface area contributed by atoms with Crippen molar-refractivity contribution in [2.24, 2.45) is 11.8 Å². The molecule has 88 valence electrons. The van der Waals surface area contributed by atoms with Crippen LogP contribution >= 0.6 is 22.6 Å². The molecule has 1 aliphatic carbocycles. The molecule has 5 unspecified atom stereocenters. The first-order valence-corrected chi connectivity index (χ1v) is 6.80. The first-order chi connectivity index (χ1) is 7.64. The van der Waals surface area contributed by atoms with Crippen molar-refractivity contribution >= 4 is 28.4 Å². The number of rotatable bonds is 2. The molecular formula is C11H13IO4. The number of alkyl halides is 1. The summed E-state index contributed by atoms with van der Waals surface area (Å²) < 4.78 is 17.4. The molecule has 0 amide bonds. The number of methoxy groups -OCH3 is 1. The van der Waals surface area contributed by atoms with E-state index in [1.807, 2.05) is 0 Å². The Bertz CT molecular complexity index is 369. The Hall–Kier alpha value is 0.0200. The molecule has 0 aromatic carbocycles. The second kappa shape index (κ2) is 3.51. The molecule has 0 N–H and O–H groups in total. The standard InChI is InChI=1S/C11H13IO4/c1-5-6-3-7(13)11(4-12)8(6)10(14-2)15-9(5)16-11/h6,8-10H,1,3-4H2,2H3. The van der Waals surface area contributed by atoms with Crippen molar-refractivity contribution in [3.63, 3.8) is 0 Å². The highest BCUT2D eigenvalue weighted by atomic mass is 127. The normalized spacial score (nSPS) is 50.1. The molecule has 1 saturated carbocycles. The molecular weight excluding hydrogens is 323 g/mol. The van der Waals surface area contributed by atoms with Crippen molar-refractivity contribution in [2.75, 3.05) is 11.5 Å². The van der Waals surface area contributed by atoms with Crippen LogP contribution in [0.3, 0.4) is 0 Å². The molecule has 0 aromatic rings. The van der Waals surface area contributed by atoms with E-state index in [9.17, 15) is 4.79 Å². The van der Waals surface area contributed by atoms with E-state index in [2.05, 4.69) is 29.2 Å². The highest BCUT2D eigenvalue weighted by Crippen LogP contribution is 2.56. The summed E-state index contributed by atoms with van der Waals surface area (Å²) in [6.45, 7) is 3.98. The van der Waals surface area contributed by atoms with Crippen molar-refractivity contribution in [3.8, 4) is 0 Å². The van der Waals surface area contributed by atoms with Crippen LogP contribution in [-0.4, -0.2) is 35.5 Å². The van der Waals surface area contributed by atoms with Crippen LogP contribution in [0.1, 0.15) is 6.42 Å². The van der Waals surface area contributed by atoms with E-state index in [-0.39, 0.29) is 23.9 Å². The number of fused-ring (bicyclic) bond motifs is 1. The number of carbonyl (C=O) groups is 1. The molecule has 3 saturated heterocycles. The lowest BCUT2D eigenvalue weighted by Crippen LogP contribution is -2.63. The van der Waals surface area contributed by atoms with E-state index >= 15 is 0 Å². The van der Waals surface area contributed by atoms with E-state index in [1.54, 1.807) is 7.11 Å². The Morgan fingerprint density at radius 2 is 2.44 bits per heavy atom. The third kappa shape index (κ3) is 1.12. The first kappa shape index (κ1) is 11.1.